The van der Waals surface area contributed by atoms with E-state index >= 15 is 0 Å². The summed E-state index contributed by atoms with van der Waals surface area (Å²) in [5, 5.41) is 19.1. The van der Waals surface area contributed by atoms with Crippen LogP contribution in [0.1, 0.15) is 81.7 Å². The molecule has 2 aliphatic rings. The summed E-state index contributed by atoms with van der Waals surface area (Å²) in [7, 11) is 4.38. The number of benzene rings is 4. The fourth-order valence-corrected chi connectivity index (χ4v) is 6.73. The second-order valence-electron chi connectivity index (χ2n) is 12.8. The van der Waals surface area contributed by atoms with Crippen LogP contribution >= 0.6 is 0 Å². The summed E-state index contributed by atoms with van der Waals surface area (Å²) in [5.41, 5.74) is 6.21. The van der Waals surface area contributed by atoms with Gasteiger partial charge in [0.1, 0.15) is 0 Å². The van der Waals surface area contributed by atoms with Gasteiger partial charge in [0.15, 0.2) is 23.0 Å². The highest BCUT2D eigenvalue weighted by molar-refractivity contribution is 5.99. The normalized spacial score (nSPS) is 13.9. The third-order valence-corrected chi connectivity index (χ3v) is 9.43. The van der Waals surface area contributed by atoms with E-state index in [0.717, 1.165) is 22.3 Å². The van der Waals surface area contributed by atoms with Crippen LogP contribution in [0.25, 0.3) is 0 Å². The number of carbonyl (C=O) groups excluding carboxylic acids is 4. The summed E-state index contributed by atoms with van der Waals surface area (Å²) in [6.45, 7) is 5.44. The number of hydrogen-bond acceptors (Lipinski definition) is 10. The van der Waals surface area contributed by atoms with Crippen molar-refractivity contribution in [2.45, 2.75) is 51.9 Å². The molecule has 4 aromatic carbocycles. The summed E-state index contributed by atoms with van der Waals surface area (Å²) < 4.78 is 21.9. The maximum Gasteiger partial charge on any atom is 0.255 e. The smallest absolute Gasteiger partial charge is 0.255 e. The SMILES string of the molecule is CCOc1cc(C(CC(=O)N(C)O)N2Cc3ccccc3C2=O)ccc1OC.CCOc1cc(C(CC(=O)NO)N2Cc3ccccc3C2=O)ccc1OC. The minimum atomic E-state index is -0.572. The Morgan fingerprint density at radius 3 is 1.53 bits per heavy atom. The van der Waals surface area contributed by atoms with E-state index in [1.165, 1.54) is 7.05 Å². The summed E-state index contributed by atoms with van der Waals surface area (Å²) in [5.74, 6) is 0.892. The van der Waals surface area contributed by atoms with Gasteiger partial charge in [0.25, 0.3) is 11.8 Å². The maximum absolute atomic E-state index is 13.0. The first kappa shape index (κ1) is 40.1. The van der Waals surface area contributed by atoms with Gasteiger partial charge < -0.3 is 28.7 Å². The number of ether oxygens (including phenoxy) is 4. The molecule has 2 unspecified atom stereocenters. The number of methoxy groups -OCH3 is 2. The Kier molecular flexibility index (Phi) is 13.3. The number of amides is 4. The fraction of sp³-hybridized carbons (Fsp3) is 0.317. The van der Waals surface area contributed by atoms with Crippen LogP contribution in [0.3, 0.4) is 0 Å². The summed E-state index contributed by atoms with van der Waals surface area (Å²) in [6.07, 6.45) is -0.126. The molecule has 2 atom stereocenters. The van der Waals surface area contributed by atoms with E-state index in [9.17, 15) is 24.4 Å². The number of hydroxylamine groups is 3. The van der Waals surface area contributed by atoms with Crippen LogP contribution in [0.15, 0.2) is 84.9 Å². The summed E-state index contributed by atoms with van der Waals surface area (Å²) >= 11 is 0. The van der Waals surface area contributed by atoms with Gasteiger partial charge in [0.2, 0.25) is 11.8 Å². The Hall–Kier alpha value is -6.12. The van der Waals surface area contributed by atoms with Crippen LogP contribution in [-0.4, -0.2) is 83.4 Å². The van der Waals surface area contributed by atoms with Gasteiger partial charge >= 0.3 is 0 Å². The Bertz CT molecular complexity index is 2020. The van der Waals surface area contributed by atoms with Crippen molar-refractivity contribution in [3.8, 4) is 23.0 Å². The van der Waals surface area contributed by atoms with Gasteiger partial charge in [-0.3, -0.25) is 29.6 Å². The quantitative estimate of drug-likeness (QED) is 0.107. The third kappa shape index (κ3) is 8.99. The lowest BCUT2D eigenvalue weighted by molar-refractivity contribution is -0.160. The molecule has 0 aromatic heterocycles. The summed E-state index contributed by atoms with van der Waals surface area (Å²) in [4.78, 5) is 53.4. The number of fused-ring (bicyclic) bond motifs is 2. The number of hydrogen-bond donors (Lipinski definition) is 3. The van der Waals surface area contributed by atoms with Crippen LogP contribution in [0.2, 0.25) is 0 Å². The van der Waals surface area contributed by atoms with Gasteiger partial charge in [-0.25, -0.2) is 10.5 Å². The lowest BCUT2D eigenvalue weighted by atomic mass is 10.0. The lowest BCUT2D eigenvalue weighted by Crippen LogP contribution is -2.34. The molecule has 0 spiro atoms. The molecule has 6 rings (SSSR count). The second kappa shape index (κ2) is 18.3. The molecule has 4 aromatic rings. The van der Waals surface area contributed by atoms with Crippen molar-refractivity contribution in [1.29, 1.82) is 0 Å². The predicted octanol–water partition coefficient (Wildman–Crippen LogP) is 5.72. The van der Waals surface area contributed by atoms with Crippen molar-refractivity contribution in [3.63, 3.8) is 0 Å². The Balaban J connectivity index is 0.000000211. The highest BCUT2D eigenvalue weighted by Gasteiger charge is 2.36. The maximum atomic E-state index is 13.0. The van der Waals surface area contributed by atoms with E-state index in [1.54, 1.807) is 72.0 Å². The van der Waals surface area contributed by atoms with Gasteiger partial charge in [0.05, 0.1) is 52.4 Å². The molecular weight excluding hydrogens is 708 g/mol. The fourth-order valence-electron chi connectivity index (χ4n) is 6.73. The molecule has 0 saturated carbocycles. The topological polar surface area (TPSA) is 167 Å². The van der Waals surface area contributed by atoms with E-state index in [1.807, 2.05) is 56.3 Å². The Morgan fingerprint density at radius 2 is 1.15 bits per heavy atom. The highest BCUT2D eigenvalue weighted by atomic mass is 16.5. The third-order valence-electron chi connectivity index (χ3n) is 9.43. The largest absolute Gasteiger partial charge is 0.493 e. The number of nitrogens with zero attached hydrogens (tertiary/aromatic N) is 3. The molecule has 2 aliphatic heterocycles. The van der Waals surface area contributed by atoms with Crippen molar-refractivity contribution in [1.82, 2.24) is 20.3 Å². The van der Waals surface area contributed by atoms with Gasteiger partial charge in [0, 0.05) is 31.3 Å². The van der Waals surface area contributed by atoms with Crippen LogP contribution < -0.4 is 24.4 Å². The Morgan fingerprint density at radius 1 is 0.709 bits per heavy atom. The van der Waals surface area contributed by atoms with Gasteiger partial charge in [-0.15, -0.1) is 0 Å². The molecule has 4 amide bonds. The molecule has 0 fully saturated rings. The van der Waals surface area contributed by atoms with Gasteiger partial charge in [-0.1, -0.05) is 48.5 Å². The second-order valence-corrected chi connectivity index (χ2v) is 12.8. The molecule has 3 N–H and O–H groups in total. The number of rotatable bonds is 14. The van der Waals surface area contributed by atoms with E-state index in [-0.39, 0.29) is 24.7 Å². The van der Waals surface area contributed by atoms with E-state index in [0.29, 0.717) is 65.5 Å². The standard InChI is InChI=1S/C21H24N2O5.C20H22N2O5/c1-4-28-19-11-14(9-10-18(19)27-3)17(12-20(24)22(2)26)23-13-15-7-5-6-8-16(15)21(23)25;1-3-27-18-10-13(8-9-17(18)26-2)16(11-19(23)21-25)22-12-14-6-4-5-7-15(14)20(22)24/h5-11,17,26H,4,12-13H2,1-3H3;4-10,16,25H,3,11-12H2,1-2H3,(H,21,23). The number of nitrogens with one attached hydrogen (secondary N) is 1. The van der Waals surface area contributed by atoms with Crippen molar-refractivity contribution in [2.24, 2.45) is 0 Å². The zero-order valence-electron chi connectivity index (χ0n) is 31.5. The van der Waals surface area contributed by atoms with Crippen molar-refractivity contribution < 1.29 is 48.5 Å². The number of carbonyl (C=O) groups is 4. The average molecular weight is 755 g/mol. The van der Waals surface area contributed by atoms with Crippen LogP contribution in [0.5, 0.6) is 23.0 Å². The summed E-state index contributed by atoms with van der Waals surface area (Å²) in [6, 6.07) is 24.3. The highest BCUT2D eigenvalue weighted by Crippen LogP contribution is 2.39. The zero-order valence-corrected chi connectivity index (χ0v) is 31.5. The van der Waals surface area contributed by atoms with Crippen molar-refractivity contribution >= 4 is 23.6 Å². The molecule has 0 saturated heterocycles. The first-order chi connectivity index (χ1) is 26.5. The van der Waals surface area contributed by atoms with E-state index in [2.05, 4.69) is 0 Å². The van der Waals surface area contributed by atoms with Crippen molar-refractivity contribution in [3.05, 3.63) is 118 Å². The van der Waals surface area contributed by atoms with Crippen LogP contribution in [-0.2, 0) is 22.7 Å². The van der Waals surface area contributed by atoms with Gasteiger partial charge in [-0.2, -0.15) is 0 Å². The molecular formula is C41H46N4O10. The average Bonchev–Trinajstić information content (AvgIpc) is 3.71. The molecule has 14 heteroatoms. The first-order valence-corrected chi connectivity index (χ1v) is 17.8. The molecule has 14 nitrogen and oxygen atoms in total. The van der Waals surface area contributed by atoms with Gasteiger partial charge in [-0.05, 0) is 72.5 Å². The molecule has 0 aliphatic carbocycles. The van der Waals surface area contributed by atoms with Crippen LogP contribution in [0.4, 0.5) is 0 Å². The Labute approximate surface area is 319 Å². The van der Waals surface area contributed by atoms with E-state index in [4.69, 9.17) is 24.2 Å². The minimum absolute atomic E-state index is 0.0510. The minimum Gasteiger partial charge on any atom is -0.493 e. The lowest BCUT2D eigenvalue weighted by Gasteiger charge is -2.29. The van der Waals surface area contributed by atoms with E-state index < -0.39 is 23.9 Å². The first-order valence-electron chi connectivity index (χ1n) is 17.8. The molecule has 55 heavy (non-hydrogen) atoms. The molecule has 0 bridgehead atoms. The monoisotopic (exact) mass is 754 g/mol. The molecule has 0 radical (unpaired) electrons. The van der Waals surface area contributed by atoms with Crippen molar-refractivity contribution in [2.75, 3.05) is 34.5 Å². The predicted molar refractivity (Wildman–Crippen MR) is 200 cm³/mol. The molecule has 2 heterocycles. The van der Waals surface area contributed by atoms with Crippen LogP contribution in [0, 0.1) is 0 Å². The molecule has 290 valence electrons. The zero-order chi connectivity index (χ0) is 39.6.